The molecule has 0 spiro atoms. The number of rotatable bonds is 3. The van der Waals surface area contributed by atoms with Crippen molar-refractivity contribution in [1.82, 2.24) is 0 Å². The van der Waals surface area contributed by atoms with Gasteiger partial charge >= 0.3 is 0 Å². The Morgan fingerprint density at radius 1 is 1.26 bits per heavy atom. The minimum Gasteiger partial charge on any atom is -0.506 e. The molecule has 2 aromatic rings. The number of phenols is 1. The van der Waals surface area contributed by atoms with E-state index in [0.29, 0.717) is 20.2 Å². The quantitative estimate of drug-likeness (QED) is 0.542. The first-order valence-electron chi connectivity index (χ1n) is 6.27. The predicted octanol–water partition coefficient (Wildman–Crippen LogP) is 4.60. The fourth-order valence-corrected chi connectivity index (χ4v) is 2.99. The third-order valence-electron chi connectivity index (χ3n) is 2.82. The van der Waals surface area contributed by atoms with Gasteiger partial charge in [0, 0.05) is 15.7 Å². The van der Waals surface area contributed by atoms with Crippen molar-refractivity contribution in [2.24, 2.45) is 0 Å². The number of hydrogen-bond acceptors (Lipinski definition) is 3. The Morgan fingerprint density at radius 2 is 1.91 bits per heavy atom. The van der Waals surface area contributed by atoms with Crippen LogP contribution in [0.4, 0.5) is 10.1 Å². The van der Waals surface area contributed by atoms with E-state index in [0.717, 1.165) is 0 Å². The minimum absolute atomic E-state index is 0.0875. The highest BCUT2D eigenvalue weighted by Crippen LogP contribution is 2.33. The second-order valence-corrected chi connectivity index (χ2v) is 6.23. The lowest BCUT2D eigenvalue weighted by Gasteiger charge is -2.06. The van der Waals surface area contributed by atoms with Crippen LogP contribution in [0, 0.1) is 17.1 Å². The lowest BCUT2D eigenvalue weighted by atomic mass is 10.1. The van der Waals surface area contributed by atoms with Crippen molar-refractivity contribution in [3.8, 4) is 11.8 Å². The van der Waals surface area contributed by atoms with Crippen LogP contribution in [0.5, 0.6) is 5.75 Å². The van der Waals surface area contributed by atoms with Gasteiger partial charge in [-0.15, -0.1) is 0 Å². The van der Waals surface area contributed by atoms with Crippen LogP contribution < -0.4 is 5.32 Å². The summed E-state index contributed by atoms with van der Waals surface area (Å²) >= 11 is 6.45. The number of phenolic OH excluding ortho intramolecular Hbond substituents is 1. The minimum atomic E-state index is -0.658. The molecule has 2 aromatic carbocycles. The molecule has 1 amide bonds. The molecule has 0 heterocycles. The number of benzene rings is 2. The molecule has 0 aliphatic rings. The molecule has 0 atom stereocenters. The van der Waals surface area contributed by atoms with E-state index < -0.39 is 11.7 Å². The number of nitrogens with zero attached hydrogens (tertiary/aromatic N) is 1. The number of nitriles is 1. The molecule has 0 fully saturated rings. The van der Waals surface area contributed by atoms with E-state index in [1.165, 1.54) is 30.3 Å². The van der Waals surface area contributed by atoms with Crippen molar-refractivity contribution in [2.75, 3.05) is 5.32 Å². The smallest absolute Gasteiger partial charge is 0.266 e. The van der Waals surface area contributed by atoms with Crippen molar-refractivity contribution in [2.45, 2.75) is 0 Å². The second-order valence-electron chi connectivity index (χ2n) is 4.46. The zero-order valence-corrected chi connectivity index (χ0v) is 14.7. The van der Waals surface area contributed by atoms with Gasteiger partial charge in [0.1, 0.15) is 23.2 Å². The number of nitrogens with one attached hydrogen (secondary N) is 1. The van der Waals surface area contributed by atoms with Crippen LogP contribution in [0.2, 0.25) is 0 Å². The van der Waals surface area contributed by atoms with E-state index in [2.05, 4.69) is 37.2 Å². The lowest BCUT2D eigenvalue weighted by molar-refractivity contribution is -0.112. The van der Waals surface area contributed by atoms with Crippen molar-refractivity contribution >= 4 is 49.5 Å². The summed E-state index contributed by atoms with van der Waals surface area (Å²) in [6, 6.07) is 10.2. The first-order valence-corrected chi connectivity index (χ1v) is 7.86. The molecule has 0 radical (unpaired) electrons. The summed E-state index contributed by atoms with van der Waals surface area (Å²) in [7, 11) is 0. The molecular weight excluding hydrogens is 431 g/mol. The number of amides is 1. The van der Waals surface area contributed by atoms with Crippen LogP contribution in [-0.2, 0) is 4.79 Å². The van der Waals surface area contributed by atoms with E-state index in [9.17, 15) is 14.3 Å². The van der Waals surface area contributed by atoms with Crippen molar-refractivity contribution < 1.29 is 14.3 Å². The molecule has 0 saturated heterocycles. The molecule has 7 heteroatoms. The number of carbonyl (C=O) groups is 1. The lowest BCUT2D eigenvalue weighted by Crippen LogP contribution is -2.13. The molecule has 0 bridgehead atoms. The standard InChI is InChI=1S/C16H9Br2FN2O2/c17-11-6-9(15(22)14(18)7-11)5-10(8-20)16(23)21-13-3-1-12(19)2-4-13/h1-7,22H,(H,21,23). The number of anilines is 1. The van der Waals surface area contributed by atoms with E-state index >= 15 is 0 Å². The molecule has 0 saturated carbocycles. The van der Waals surface area contributed by atoms with Crippen LogP contribution >= 0.6 is 31.9 Å². The normalized spacial score (nSPS) is 11.0. The number of aromatic hydroxyl groups is 1. The fourth-order valence-electron chi connectivity index (χ4n) is 1.73. The average Bonchev–Trinajstić information content (AvgIpc) is 2.51. The number of hydrogen-bond donors (Lipinski definition) is 2. The predicted molar refractivity (Wildman–Crippen MR) is 92.1 cm³/mol. The second kappa shape index (κ2) is 7.40. The first kappa shape index (κ1) is 17.2. The summed E-state index contributed by atoms with van der Waals surface area (Å²) in [5.74, 6) is -1.17. The van der Waals surface area contributed by atoms with Crippen molar-refractivity contribution in [3.63, 3.8) is 0 Å². The molecular formula is C16H9Br2FN2O2. The SMILES string of the molecule is N#CC(=Cc1cc(Br)cc(Br)c1O)C(=O)Nc1ccc(F)cc1. The van der Waals surface area contributed by atoms with Gasteiger partial charge in [0.15, 0.2) is 0 Å². The third kappa shape index (κ3) is 4.41. The van der Waals surface area contributed by atoms with Gasteiger partial charge in [0.25, 0.3) is 5.91 Å². The summed E-state index contributed by atoms with van der Waals surface area (Å²) in [6.07, 6.45) is 1.27. The summed E-state index contributed by atoms with van der Waals surface area (Å²) in [6.45, 7) is 0. The van der Waals surface area contributed by atoms with Crippen LogP contribution in [0.15, 0.2) is 50.9 Å². The zero-order chi connectivity index (χ0) is 17.0. The van der Waals surface area contributed by atoms with Gasteiger partial charge in [-0.2, -0.15) is 5.26 Å². The van der Waals surface area contributed by atoms with Crippen LogP contribution in [0.1, 0.15) is 5.56 Å². The Bertz CT molecular complexity index is 827. The van der Waals surface area contributed by atoms with E-state index in [-0.39, 0.29) is 11.3 Å². The maximum Gasteiger partial charge on any atom is 0.266 e. The molecule has 0 unspecified atom stereocenters. The maximum absolute atomic E-state index is 12.8. The van der Waals surface area contributed by atoms with Gasteiger partial charge in [0.05, 0.1) is 4.47 Å². The molecule has 116 valence electrons. The number of carbonyl (C=O) groups excluding carboxylic acids is 1. The molecule has 0 aromatic heterocycles. The Hall–Kier alpha value is -2.17. The Balaban J connectivity index is 2.30. The summed E-state index contributed by atoms with van der Waals surface area (Å²) < 4.78 is 13.9. The number of halogens is 3. The molecule has 4 nitrogen and oxygen atoms in total. The van der Waals surface area contributed by atoms with Crippen LogP contribution in [0.3, 0.4) is 0 Å². The zero-order valence-electron chi connectivity index (χ0n) is 11.5. The van der Waals surface area contributed by atoms with Gasteiger partial charge < -0.3 is 10.4 Å². The third-order valence-corrected chi connectivity index (χ3v) is 3.89. The summed E-state index contributed by atoms with van der Waals surface area (Å²) in [5, 5.41) is 21.6. The van der Waals surface area contributed by atoms with Gasteiger partial charge in [-0.25, -0.2) is 4.39 Å². The summed E-state index contributed by atoms with van der Waals surface area (Å²) in [5.41, 5.74) is 0.462. The maximum atomic E-state index is 12.8. The Kier molecular flexibility index (Phi) is 5.53. The Morgan fingerprint density at radius 3 is 2.52 bits per heavy atom. The van der Waals surface area contributed by atoms with Gasteiger partial charge in [-0.1, -0.05) is 15.9 Å². The van der Waals surface area contributed by atoms with E-state index in [1.807, 2.05) is 0 Å². The molecule has 23 heavy (non-hydrogen) atoms. The first-order chi connectivity index (χ1) is 10.9. The molecule has 2 N–H and O–H groups in total. The largest absolute Gasteiger partial charge is 0.506 e. The highest BCUT2D eigenvalue weighted by molar-refractivity contribution is 9.11. The summed E-state index contributed by atoms with van der Waals surface area (Å²) in [4.78, 5) is 12.1. The van der Waals surface area contributed by atoms with Gasteiger partial charge in [0.2, 0.25) is 0 Å². The average molecular weight is 440 g/mol. The van der Waals surface area contributed by atoms with Crippen molar-refractivity contribution in [3.05, 3.63) is 62.3 Å². The van der Waals surface area contributed by atoms with Gasteiger partial charge in [-0.05, 0) is 58.4 Å². The van der Waals surface area contributed by atoms with E-state index in [4.69, 9.17) is 5.26 Å². The molecule has 0 aliphatic heterocycles. The topological polar surface area (TPSA) is 73.1 Å². The highest BCUT2D eigenvalue weighted by Gasteiger charge is 2.12. The van der Waals surface area contributed by atoms with E-state index in [1.54, 1.807) is 18.2 Å². The highest BCUT2D eigenvalue weighted by atomic mass is 79.9. The molecule has 0 aliphatic carbocycles. The van der Waals surface area contributed by atoms with Crippen molar-refractivity contribution in [1.29, 1.82) is 5.26 Å². The van der Waals surface area contributed by atoms with Crippen LogP contribution in [0.25, 0.3) is 6.08 Å². The van der Waals surface area contributed by atoms with Crippen LogP contribution in [-0.4, -0.2) is 11.0 Å². The molecule has 2 rings (SSSR count). The van der Waals surface area contributed by atoms with Gasteiger partial charge in [-0.3, -0.25) is 4.79 Å². The Labute approximate surface area is 148 Å². The monoisotopic (exact) mass is 438 g/mol. The fraction of sp³-hybridized carbons (Fsp3) is 0.